The van der Waals surface area contributed by atoms with Crippen LogP contribution < -0.4 is 5.32 Å². The number of hydrogen-bond acceptors (Lipinski definition) is 2. The molecule has 1 aliphatic heterocycles. The average Bonchev–Trinajstić information content (AvgIpc) is 2.66. The number of aromatic nitrogens is 2. The molecule has 0 spiro atoms. The van der Waals surface area contributed by atoms with E-state index in [9.17, 15) is 0 Å². The highest BCUT2D eigenvalue weighted by Gasteiger charge is 2.12. The predicted molar refractivity (Wildman–Crippen MR) is 61.8 cm³/mol. The minimum atomic E-state index is 0.954. The van der Waals surface area contributed by atoms with Crippen LogP contribution in [0.15, 0.2) is 12.4 Å². The molecular formula is C12H21N3. The summed E-state index contributed by atoms with van der Waals surface area (Å²) in [6, 6.07) is 0. The first-order valence-electron chi connectivity index (χ1n) is 6.05. The summed E-state index contributed by atoms with van der Waals surface area (Å²) in [4.78, 5) is 4.24. The van der Waals surface area contributed by atoms with E-state index in [1.54, 1.807) is 0 Å². The lowest BCUT2D eigenvalue weighted by molar-refractivity contribution is 0.339. The maximum Gasteiger partial charge on any atom is 0.105 e. The van der Waals surface area contributed by atoms with E-state index in [0.29, 0.717) is 0 Å². The average molecular weight is 207 g/mol. The van der Waals surface area contributed by atoms with E-state index in [0.717, 1.165) is 18.3 Å². The fourth-order valence-corrected chi connectivity index (χ4v) is 2.36. The van der Waals surface area contributed by atoms with Crippen molar-refractivity contribution in [3.63, 3.8) is 0 Å². The summed E-state index contributed by atoms with van der Waals surface area (Å²) in [5.74, 6) is 2.09. The zero-order chi connectivity index (χ0) is 10.5. The van der Waals surface area contributed by atoms with Crippen LogP contribution >= 0.6 is 0 Å². The van der Waals surface area contributed by atoms with Crippen molar-refractivity contribution in [1.29, 1.82) is 0 Å². The molecule has 84 valence electrons. The molecule has 15 heavy (non-hydrogen) atoms. The first kappa shape index (κ1) is 10.7. The molecule has 0 amide bonds. The third-order valence-electron chi connectivity index (χ3n) is 3.39. The monoisotopic (exact) mass is 207 g/mol. The topological polar surface area (TPSA) is 29.9 Å². The molecule has 1 saturated heterocycles. The number of aryl methyl sites for hydroxylation is 2. The number of piperidine rings is 1. The van der Waals surface area contributed by atoms with Crippen molar-refractivity contribution in [1.82, 2.24) is 14.9 Å². The van der Waals surface area contributed by atoms with Crippen LogP contribution in [0.1, 0.15) is 31.5 Å². The molecule has 1 N–H and O–H groups in total. The molecular weight excluding hydrogens is 186 g/mol. The molecule has 1 fully saturated rings. The Morgan fingerprint density at radius 2 is 2.27 bits per heavy atom. The molecule has 0 atom stereocenters. The molecule has 0 bridgehead atoms. The molecule has 2 heterocycles. The van der Waals surface area contributed by atoms with Crippen LogP contribution in [0, 0.1) is 12.8 Å². The highest BCUT2D eigenvalue weighted by molar-refractivity contribution is 4.88. The van der Waals surface area contributed by atoms with Crippen molar-refractivity contribution in [3.05, 3.63) is 18.2 Å². The van der Waals surface area contributed by atoms with Crippen LogP contribution in [0.25, 0.3) is 0 Å². The maximum absolute atomic E-state index is 4.24. The fraction of sp³-hybridized carbons (Fsp3) is 0.750. The Hall–Kier alpha value is -0.830. The Morgan fingerprint density at radius 3 is 2.93 bits per heavy atom. The van der Waals surface area contributed by atoms with E-state index >= 15 is 0 Å². The second kappa shape index (κ2) is 5.31. The Morgan fingerprint density at radius 1 is 1.47 bits per heavy atom. The van der Waals surface area contributed by atoms with E-state index < -0.39 is 0 Å². The van der Waals surface area contributed by atoms with Crippen LogP contribution in [0.3, 0.4) is 0 Å². The van der Waals surface area contributed by atoms with Gasteiger partial charge in [-0.1, -0.05) is 0 Å². The van der Waals surface area contributed by atoms with Crippen molar-refractivity contribution < 1.29 is 0 Å². The van der Waals surface area contributed by atoms with Crippen molar-refractivity contribution >= 4 is 0 Å². The van der Waals surface area contributed by atoms with Gasteiger partial charge in [0.15, 0.2) is 0 Å². The third-order valence-corrected chi connectivity index (χ3v) is 3.39. The summed E-state index contributed by atoms with van der Waals surface area (Å²) in [5, 5.41) is 3.41. The van der Waals surface area contributed by atoms with Gasteiger partial charge in [0.2, 0.25) is 0 Å². The maximum atomic E-state index is 4.24. The zero-order valence-electron chi connectivity index (χ0n) is 9.58. The largest absolute Gasteiger partial charge is 0.335 e. The lowest BCUT2D eigenvalue weighted by atomic mass is 9.93. The van der Waals surface area contributed by atoms with Gasteiger partial charge in [-0.15, -0.1) is 0 Å². The Bertz CT molecular complexity index is 287. The van der Waals surface area contributed by atoms with Gasteiger partial charge >= 0.3 is 0 Å². The molecule has 0 aromatic carbocycles. The molecule has 1 aliphatic rings. The first-order valence-corrected chi connectivity index (χ1v) is 6.05. The fourth-order valence-electron chi connectivity index (χ4n) is 2.36. The Balaban J connectivity index is 1.68. The number of nitrogens with zero attached hydrogens (tertiary/aromatic N) is 2. The highest BCUT2D eigenvalue weighted by atomic mass is 15.0. The van der Waals surface area contributed by atoms with Crippen LogP contribution in [0.2, 0.25) is 0 Å². The van der Waals surface area contributed by atoms with Crippen molar-refractivity contribution in [3.8, 4) is 0 Å². The van der Waals surface area contributed by atoms with Crippen molar-refractivity contribution in [2.24, 2.45) is 5.92 Å². The van der Waals surface area contributed by atoms with Crippen molar-refractivity contribution in [2.45, 2.75) is 39.2 Å². The minimum Gasteiger partial charge on any atom is -0.335 e. The van der Waals surface area contributed by atoms with Crippen LogP contribution in [0.5, 0.6) is 0 Å². The molecule has 0 saturated carbocycles. The van der Waals surface area contributed by atoms with Gasteiger partial charge in [0, 0.05) is 18.9 Å². The quantitative estimate of drug-likeness (QED) is 0.818. The molecule has 1 aromatic rings. The highest BCUT2D eigenvalue weighted by Crippen LogP contribution is 2.18. The standard InChI is InChI=1S/C12H21N3/c1-11-14-8-10-15(11)9-2-3-12-4-6-13-7-5-12/h8,10,12-13H,2-7,9H2,1H3. The van der Waals surface area contributed by atoms with E-state index in [1.807, 2.05) is 6.20 Å². The third kappa shape index (κ3) is 3.06. The van der Waals surface area contributed by atoms with Gasteiger partial charge < -0.3 is 9.88 Å². The zero-order valence-corrected chi connectivity index (χ0v) is 9.58. The summed E-state index contributed by atoms with van der Waals surface area (Å²) in [6.07, 6.45) is 9.37. The normalized spacial score (nSPS) is 18.2. The molecule has 3 heteroatoms. The van der Waals surface area contributed by atoms with Gasteiger partial charge in [-0.25, -0.2) is 4.98 Å². The lowest BCUT2D eigenvalue weighted by Gasteiger charge is -2.22. The first-order chi connectivity index (χ1) is 7.36. The Labute approximate surface area is 91.9 Å². The van der Waals surface area contributed by atoms with E-state index in [2.05, 4.69) is 28.0 Å². The van der Waals surface area contributed by atoms with Gasteiger partial charge in [-0.05, 0) is 51.6 Å². The summed E-state index contributed by atoms with van der Waals surface area (Å²) in [7, 11) is 0. The van der Waals surface area contributed by atoms with Gasteiger partial charge in [0.25, 0.3) is 0 Å². The van der Waals surface area contributed by atoms with Gasteiger partial charge in [0.1, 0.15) is 5.82 Å². The summed E-state index contributed by atoms with van der Waals surface area (Å²) in [6.45, 7) is 5.64. The van der Waals surface area contributed by atoms with E-state index in [1.165, 1.54) is 38.8 Å². The Kier molecular flexibility index (Phi) is 3.78. The van der Waals surface area contributed by atoms with E-state index in [4.69, 9.17) is 0 Å². The van der Waals surface area contributed by atoms with Crippen LogP contribution in [0.4, 0.5) is 0 Å². The number of hydrogen-bond donors (Lipinski definition) is 1. The smallest absolute Gasteiger partial charge is 0.105 e. The van der Waals surface area contributed by atoms with Crippen LogP contribution in [-0.2, 0) is 6.54 Å². The molecule has 3 nitrogen and oxygen atoms in total. The molecule has 0 aliphatic carbocycles. The number of nitrogens with one attached hydrogen (secondary N) is 1. The lowest BCUT2D eigenvalue weighted by Crippen LogP contribution is -2.27. The summed E-state index contributed by atoms with van der Waals surface area (Å²) in [5.41, 5.74) is 0. The summed E-state index contributed by atoms with van der Waals surface area (Å²) >= 11 is 0. The number of imidazole rings is 1. The number of rotatable bonds is 4. The predicted octanol–water partition coefficient (Wildman–Crippen LogP) is 1.97. The second-order valence-electron chi connectivity index (χ2n) is 4.50. The molecule has 0 radical (unpaired) electrons. The minimum absolute atomic E-state index is 0.954. The van der Waals surface area contributed by atoms with Gasteiger partial charge in [-0.2, -0.15) is 0 Å². The van der Waals surface area contributed by atoms with Gasteiger partial charge in [-0.3, -0.25) is 0 Å². The van der Waals surface area contributed by atoms with Crippen LogP contribution in [-0.4, -0.2) is 22.6 Å². The SMILES string of the molecule is Cc1nccn1CCCC1CCNCC1. The van der Waals surface area contributed by atoms with E-state index in [-0.39, 0.29) is 0 Å². The second-order valence-corrected chi connectivity index (χ2v) is 4.50. The molecule has 0 unspecified atom stereocenters. The summed E-state index contributed by atoms with van der Waals surface area (Å²) < 4.78 is 2.25. The molecule has 2 rings (SSSR count). The molecule has 1 aromatic heterocycles. The van der Waals surface area contributed by atoms with Crippen molar-refractivity contribution in [2.75, 3.05) is 13.1 Å². The van der Waals surface area contributed by atoms with Gasteiger partial charge in [0.05, 0.1) is 0 Å².